The molecule has 0 amide bonds. The van der Waals surface area contributed by atoms with E-state index >= 15 is 0 Å². The van der Waals surface area contributed by atoms with Gasteiger partial charge in [-0.1, -0.05) is 32.8 Å². The highest BCUT2D eigenvalue weighted by atomic mass is 16.5. The van der Waals surface area contributed by atoms with Crippen molar-refractivity contribution in [1.29, 1.82) is 0 Å². The molecular weight excluding hydrogens is 408 g/mol. The van der Waals surface area contributed by atoms with Gasteiger partial charge in [0.2, 0.25) is 0 Å². The minimum atomic E-state index is -0.574. The first-order valence-corrected chi connectivity index (χ1v) is 12.2. The lowest BCUT2D eigenvalue weighted by Gasteiger charge is -2.37. The number of rotatable bonds is 12. The third-order valence-electron chi connectivity index (χ3n) is 6.48. The fraction of sp³-hybridized carbons (Fsp3) is 0.760. The van der Waals surface area contributed by atoms with Crippen LogP contribution in [0.5, 0.6) is 11.5 Å². The predicted octanol–water partition coefficient (Wildman–Crippen LogP) is 2.37. The molecule has 182 valence electrons. The van der Waals surface area contributed by atoms with Crippen LogP contribution in [0.15, 0.2) is 18.2 Å². The topological polar surface area (TPSA) is 83.4 Å². The molecule has 3 rings (SSSR count). The smallest absolute Gasteiger partial charge is 0.161 e. The van der Waals surface area contributed by atoms with Gasteiger partial charge in [-0.15, -0.1) is 0 Å². The Bertz CT molecular complexity index is 686. The Labute approximate surface area is 193 Å². The molecule has 2 fully saturated rings. The first-order chi connectivity index (χ1) is 15.5. The Kier molecular flexibility index (Phi) is 10.1. The van der Waals surface area contributed by atoms with Gasteiger partial charge in [-0.3, -0.25) is 4.90 Å². The lowest BCUT2D eigenvalue weighted by molar-refractivity contribution is -0.0316. The minimum Gasteiger partial charge on any atom is -0.493 e. The van der Waals surface area contributed by atoms with Crippen molar-refractivity contribution in [3.63, 3.8) is 0 Å². The number of likely N-dealkylation sites (tertiary alicyclic amines) is 1. The second kappa shape index (κ2) is 12.8. The summed E-state index contributed by atoms with van der Waals surface area (Å²) >= 11 is 0. The number of aliphatic hydroxyl groups is 2. The zero-order valence-corrected chi connectivity index (χ0v) is 20.0. The highest BCUT2D eigenvalue weighted by Crippen LogP contribution is 2.30. The number of aliphatic hydroxyl groups excluding tert-OH is 2. The SMILES string of the molecule is COc1cc(CCO[C@H]2CCCC[C@@H]2N2CCC(O)C2)ccc1OC[C@@H](O)CNC(C)C. The Morgan fingerprint density at radius 3 is 2.69 bits per heavy atom. The summed E-state index contributed by atoms with van der Waals surface area (Å²) in [6.07, 6.45) is 5.91. The Hall–Kier alpha value is -1.38. The van der Waals surface area contributed by atoms with Gasteiger partial charge in [-0.05, 0) is 43.4 Å². The number of benzene rings is 1. The highest BCUT2D eigenvalue weighted by Gasteiger charge is 2.34. The van der Waals surface area contributed by atoms with Crippen LogP contribution in [0.25, 0.3) is 0 Å². The molecule has 1 aliphatic heterocycles. The van der Waals surface area contributed by atoms with Gasteiger partial charge in [0.05, 0.1) is 25.9 Å². The second-order valence-electron chi connectivity index (χ2n) is 9.46. The van der Waals surface area contributed by atoms with E-state index in [2.05, 4.69) is 10.2 Å². The third kappa shape index (κ3) is 7.59. The lowest BCUT2D eigenvalue weighted by Crippen LogP contribution is -2.46. The first-order valence-electron chi connectivity index (χ1n) is 12.2. The Balaban J connectivity index is 1.47. The van der Waals surface area contributed by atoms with Gasteiger partial charge in [-0.2, -0.15) is 0 Å². The zero-order chi connectivity index (χ0) is 22.9. The van der Waals surface area contributed by atoms with Crippen LogP contribution in [0.2, 0.25) is 0 Å². The first kappa shape index (κ1) is 25.2. The van der Waals surface area contributed by atoms with Crippen molar-refractivity contribution in [2.75, 3.05) is 40.0 Å². The molecule has 1 aromatic rings. The summed E-state index contributed by atoms with van der Waals surface area (Å²) < 4.78 is 17.6. The molecule has 7 heteroatoms. The molecule has 4 atom stereocenters. The van der Waals surface area contributed by atoms with Crippen molar-refractivity contribution >= 4 is 0 Å². The average Bonchev–Trinajstić information content (AvgIpc) is 3.23. The number of ether oxygens (including phenoxy) is 3. The number of hydrogen-bond donors (Lipinski definition) is 3. The molecule has 0 spiro atoms. The van der Waals surface area contributed by atoms with Crippen LogP contribution in [0, 0.1) is 0 Å². The van der Waals surface area contributed by atoms with Gasteiger partial charge in [0.15, 0.2) is 11.5 Å². The normalized spacial score (nSPS) is 25.2. The molecule has 1 saturated heterocycles. The lowest BCUT2D eigenvalue weighted by atomic mass is 9.91. The maximum Gasteiger partial charge on any atom is 0.161 e. The van der Waals surface area contributed by atoms with Crippen LogP contribution in [-0.4, -0.2) is 85.5 Å². The summed E-state index contributed by atoms with van der Waals surface area (Å²) in [6, 6.07) is 6.70. The summed E-state index contributed by atoms with van der Waals surface area (Å²) in [5, 5.41) is 23.2. The number of hydrogen-bond acceptors (Lipinski definition) is 7. The molecule has 1 unspecified atom stereocenters. The number of β-amino-alcohol motifs (C(OH)–C–C–N with tert-alkyl or cyclic N) is 1. The second-order valence-corrected chi connectivity index (χ2v) is 9.46. The van der Waals surface area contributed by atoms with E-state index < -0.39 is 6.10 Å². The third-order valence-corrected chi connectivity index (χ3v) is 6.48. The van der Waals surface area contributed by atoms with Gasteiger partial charge < -0.3 is 29.7 Å². The van der Waals surface area contributed by atoms with E-state index in [1.807, 2.05) is 32.0 Å². The van der Waals surface area contributed by atoms with Crippen LogP contribution in [0.3, 0.4) is 0 Å². The van der Waals surface area contributed by atoms with E-state index in [0.29, 0.717) is 36.7 Å². The van der Waals surface area contributed by atoms with Crippen LogP contribution in [0.4, 0.5) is 0 Å². The minimum absolute atomic E-state index is 0.182. The summed E-state index contributed by atoms with van der Waals surface area (Å²) in [6.45, 7) is 7.23. The van der Waals surface area contributed by atoms with Gasteiger partial charge in [-0.25, -0.2) is 0 Å². The van der Waals surface area contributed by atoms with Crippen LogP contribution < -0.4 is 14.8 Å². The molecule has 0 radical (unpaired) electrons. The van der Waals surface area contributed by atoms with Crippen LogP contribution in [0.1, 0.15) is 51.5 Å². The van der Waals surface area contributed by atoms with Crippen molar-refractivity contribution in [1.82, 2.24) is 10.2 Å². The van der Waals surface area contributed by atoms with Crippen molar-refractivity contribution in [2.24, 2.45) is 0 Å². The van der Waals surface area contributed by atoms with E-state index in [0.717, 1.165) is 44.3 Å². The number of methoxy groups -OCH3 is 1. The summed E-state index contributed by atoms with van der Waals surface area (Å²) in [7, 11) is 1.64. The summed E-state index contributed by atoms with van der Waals surface area (Å²) in [4.78, 5) is 2.43. The van der Waals surface area contributed by atoms with E-state index in [9.17, 15) is 10.2 Å². The monoisotopic (exact) mass is 450 g/mol. The molecule has 3 N–H and O–H groups in total. The highest BCUT2D eigenvalue weighted by molar-refractivity contribution is 5.43. The maximum absolute atomic E-state index is 10.1. The average molecular weight is 451 g/mol. The van der Waals surface area contributed by atoms with Gasteiger partial charge in [0.25, 0.3) is 0 Å². The standard InChI is InChI=1S/C25H42N2O5/c1-18(2)26-15-21(29)17-32-24-9-8-19(14-25(24)30-3)11-13-31-23-7-5-4-6-22(23)27-12-10-20(28)16-27/h8-9,14,18,20-23,26,28-29H,4-7,10-13,15-17H2,1-3H3/t20?,21-,22-,23-/m0/s1. The van der Waals surface area contributed by atoms with Crippen molar-refractivity contribution < 1.29 is 24.4 Å². The molecule has 32 heavy (non-hydrogen) atoms. The molecule has 1 heterocycles. The van der Waals surface area contributed by atoms with Gasteiger partial charge in [0, 0.05) is 31.7 Å². The number of nitrogens with zero attached hydrogens (tertiary/aromatic N) is 1. The molecule has 1 saturated carbocycles. The van der Waals surface area contributed by atoms with Crippen molar-refractivity contribution in [3.8, 4) is 11.5 Å². The molecule has 7 nitrogen and oxygen atoms in total. The summed E-state index contributed by atoms with van der Waals surface area (Å²) in [5.74, 6) is 1.31. The van der Waals surface area contributed by atoms with Gasteiger partial charge in [0.1, 0.15) is 12.7 Å². The van der Waals surface area contributed by atoms with Crippen LogP contribution in [-0.2, 0) is 11.2 Å². The summed E-state index contributed by atoms with van der Waals surface area (Å²) in [5.41, 5.74) is 1.14. The predicted molar refractivity (Wildman–Crippen MR) is 126 cm³/mol. The molecule has 2 aliphatic rings. The number of nitrogens with one attached hydrogen (secondary N) is 1. The molecule has 1 aromatic carbocycles. The Morgan fingerprint density at radius 1 is 1.16 bits per heavy atom. The zero-order valence-electron chi connectivity index (χ0n) is 20.0. The molecule has 1 aliphatic carbocycles. The van der Waals surface area contributed by atoms with E-state index in [1.165, 1.54) is 12.8 Å². The molecule has 0 aromatic heterocycles. The Morgan fingerprint density at radius 2 is 1.97 bits per heavy atom. The van der Waals surface area contributed by atoms with Gasteiger partial charge >= 0.3 is 0 Å². The maximum atomic E-state index is 10.1. The van der Waals surface area contributed by atoms with Crippen molar-refractivity contribution in [2.45, 2.75) is 82.8 Å². The van der Waals surface area contributed by atoms with E-state index in [4.69, 9.17) is 14.2 Å². The van der Waals surface area contributed by atoms with Crippen LogP contribution >= 0.6 is 0 Å². The molecule has 0 bridgehead atoms. The fourth-order valence-corrected chi connectivity index (χ4v) is 4.69. The van der Waals surface area contributed by atoms with E-state index in [-0.39, 0.29) is 18.8 Å². The fourth-order valence-electron chi connectivity index (χ4n) is 4.69. The largest absolute Gasteiger partial charge is 0.493 e. The molecular formula is C25H42N2O5. The van der Waals surface area contributed by atoms with Crippen molar-refractivity contribution in [3.05, 3.63) is 23.8 Å². The van der Waals surface area contributed by atoms with E-state index in [1.54, 1.807) is 7.11 Å². The quantitative estimate of drug-likeness (QED) is 0.451.